The van der Waals surface area contributed by atoms with Crippen molar-refractivity contribution >= 4 is 70.8 Å². The van der Waals surface area contributed by atoms with Crippen LogP contribution in [-0.4, -0.2) is 118 Å². The molecule has 2 aromatic carbocycles. The number of carboxylic acid groups (broad SMARTS) is 2. The highest BCUT2D eigenvalue weighted by Gasteiger charge is 2.33. The molecule has 0 aliphatic rings. The summed E-state index contributed by atoms with van der Waals surface area (Å²) < 4.78 is 0. The molecule has 2 rings (SSSR count). The number of nitrogens with two attached hydrogens (primary N) is 2. The van der Waals surface area contributed by atoms with Crippen LogP contribution in [0.4, 0.5) is 21.0 Å². The highest BCUT2D eigenvalue weighted by Crippen LogP contribution is 2.16. The Labute approximate surface area is 387 Å². The molecular weight excluding hydrogens is 877 g/mol. The van der Waals surface area contributed by atoms with E-state index in [4.69, 9.17) is 11.5 Å². The zero-order valence-electron chi connectivity index (χ0n) is 38.0. The Morgan fingerprint density at radius 1 is 0.612 bits per heavy atom. The van der Waals surface area contributed by atoms with Gasteiger partial charge in [0.15, 0.2) is 0 Å². The Morgan fingerprint density at radius 2 is 1.15 bits per heavy atom. The van der Waals surface area contributed by atoms with Crippen LogP contribution in [0.5, 0.6) is 0 Å². The van der Waals surface area contributed by atoms with Crippen LogP contribution in [0, 0.1) is 12.8 Å². The van der Waals surface area contributed by atoms with E-state index in [1.165, 1.54) is 6.92 Å². The summed E-state index contributed by atoms with van der Waals surface area (Å²) in [5, 5.41) is 49.0. The molecule has 0 aromatic heterocycles. The summed E-state index contributed by atoms with van der Waals surface area (Å²) in [5.74, 6) is -8.24. The minimum atomic E-state index is -1.62. The zero-order chi connectivity index (χ0) is 50.2. The highest BCUT2D eigenvalue weighted by atomic mass is 16.4. The fourth-order valence-corrected chi connectivity index (χ4v) is 6.55. The van der Waals surface area contributed by atoms with Crippen LogP contribution < -0.4 is 54.0 Å². The van der Waals surface area contributed by atoms with E-state index >= 15 is 0 Å². The molecule has 0 aliphatic carbocycles. The number of carbonyl (C=O) groups excluding carboxylic acids is 8. The predicted molar refractivity (Wildman–Crippen MR) is 244 cm³/mol. The van der Waals surface area contributed by atoms with E-state index in [0.29, 0.717) is 23.4 Å². The van der Waals surface area contributed by atoms with Crippen LogP contribution in [-0.2, 0) is 44.8 Å². The molecule has 15 N–H and O–H groups in total. The molecule has 0 radical (unpaired) electrons. The smallest absolute Gasteiger partial charge is 0.323 e. The lowest BCUT2D eigenvalue weighted by Crippen LogP contribution is -2.60. The van der Waals surface area contributed by atoms with Crippen molar-refractivity contribution in [2.24, 2.45) is 17.4 Å². The van der Waals surface area contributed by atoms with E-state index in [2.05, 4.69) is 42.5 Å². The molecule has 1 unspecified atom stereocenters. The Hall–Kier alpha value is -7.30. The second kappa shape index (κ2) is 28.6. The minimum absolute atomic E-state index is 0.00176. The summed E-state index contributed by atoms with van der Waals surface area (Å²) in [4.78, 5) is 127. The third-order valence-corrected chi connectivity index (χ3v) is 10.1. The molecule has 2 aromatic rings. The van der Waals surface area contributed by atoms with E-state index in [9.17, 15) is 63.3 Å². The number of benzene rings is 2. The van der Waals surface area contributed by atoms with E-state index < -0.39 is 115 Å². The number of urea groups is 2. The second-order valence-corrected chi connectivity index (χ2v) is 16.3. The van der Waals surface area contributed by atoms with Gasteiger partial charge in [0.1, 0.15) is 30.2 Å². The molecule has 0 spiro atoms. The van der Waals surface area contributed by atoms with Crippen molar-refractivity contribution < 1.29 is 63.3 Å². The van der Waals surface area contributed by atoms with Gasteiger partial charge >= 0.3 is 24.0 Å². The van der Waals surface area contributed by atoms with Crippen LogP contribution in [0.2, 0.25) is 0 Å². The first-order chi connectivity index (χ1) is 31.6. The highest BCUT2D eigenvalue weighted by molar-refractivity contribution is 6.00. The van der Waals surface area contributed by atoms with Crippen LogP contribution in [0.15, 0.2) is 48.5 Å². The number of aliphatic hydroxyl groups is 1. The number of primary amides is 2. The average Bonchev–Trinajstić information content (AvgIpc) is 3.23. The van der Waals surface area contributed by atoms with Gasteiger partial charge in [-0.15, -0.1) is 0 Å². The molecule has 0 heterocycles. The molecule has 0 bridgehead atoms. The molecule has 10 amide bonds. The number of carbonyl (C=O) groups is 10. The van der Waals surface area contributed by atoms with Crippen molar-refractivity contribution in [3.63, 3.8) is 0 Å². The summed E-state index contributed by atoms with van der Waals surface area (Å²) in [6, 6.07) is 5.01. The first-order valence-corrected chi connectivity index (χ1v) is 21.7. The van der Waals surface area contributed by atoms with Crippen LogP contribution in [0.3, 0.4) is 0 Å². The number of amides is 10. The van der Waals surface area contributed by atoms with Gasteiger partial charge in [0.2, 0.25) is 35.4 Å². The average molecular weight is 941 g/mol. The van der Waals surface area contributed by atoms with Crippen molar-refractivity contribution in [1.82, 2.24) is 31.9 Å². The summed E-state index contributed by atoms with van der Waals surface area (Å²) in [5.41, 5.74) is 12.9. The maximum atomic E-state index is 13.9. The first kappa shape index (κ1) is 55.8. The quantitative estimate of drug-likeness (QED) is 0.0494. The van der Waals surface area contributed by atoms with E-state index in [1.54, 1.807) is 50.2 Å². The number of hydrogen-bond donors (Lipinski definition) is 13. The topological polar surface area (TPSA) is 380 Å². The first-order valence-electron chi connectivity index (χ1n) is 21.7. The maximum absolute atomic E-state index is 13.9. The van der Waals surface area contributed by atoms with Crippen LogP contribution in [0.1, 0.15) is 89.7 Å². The monoisotopic (exact) mass is 940 g/mol. The molecule has 67 heavy (non-hydrogen) atoms. The molecule has 368 valence electrons. The number of aryl methyl sites for hydroxylation is 1. The Kier molecular flexibility index (Phi) is 23.8. The zero-order valence-corrected chi connectivity index (χ0v) is 38.0. The number of nitrogens with one attached hydrogen (secondary N) is 8. The molecule has 0 saturated carbocycles. The van der Waals surface area contributed by atoms with Crippen LogP contribution in [0.25, 0.3) is 0 Å². The van der Waals surface area contributed by atoms with Crippen molar-refractivity contribution in [3.8, 4) is 0 Å². The lowest BCUT2D eigenvalue weighted by Gasteiger charge is -2.28. The largest absolute Gasteiger partial charge is 0.481 e. The van der Waals surface area contributed by atoms with Gasteiger partial charge in [0.25, 0.3) is 0 Å². The van der Waals surface area contributed by atoms with Crippen molar-refractivity contribution in [2.45, 2.75) is 128 Å². The van der Waals surface area contributed by atoms with Crippen LogP contribution >= 0.6 is 0 Å². The van der Waals surface area contributed by atoms with Gasteiger partial charge in [-0.05, 0) is 94.0 Å². The van der Waals surface area contributed by atoms with Crippen molar-refractivity contribution in [1.29, 1.82) is 0 Å². The number of unbranched alkanes of at least 4 members (excludes halogenated alkanes) is 1. The number of rotatable bonds is 29. The normalized spacial score (nSPS) is 13.5. The van der Waals surface area contributed by atoms with Gasteiger partial charge in [-0.25, -0.2) is 9.59 Å². The fourth-order valence-electron chi connectivity index (χ4n) is 6.55. The number of aliphatic hydroxyl groups excluding tert-OH is 1. The lowest BCUT2D eigenvalue weighted by molar-refractivity contribution is -0.139. The molecule has 0 fully saturated rings. The number of hydrogen-bond acceptors (Lipinski definition) is 11. The van der Waals surface area contributed by atoms with Gasteiger partial charge in [0, 0.05) is 30.8 Å². The molecule has 23 heteroatoms. The number of aliphatic carboxylic acids is 2. The van der Waals surface area contributed by atoms with E-state index in [0.717, 1.165) is 5.56 Å². The summed E-state index contributed by atoms with van der Waals surface area (Å²) in [6.45, 7) is 6.65. The van der Waals surface area contributed by atoms with Gasteiger partial charge in [-0.1, -0.05) is 44.2 Å². The number of para-hydroxylation sites is 1. The summed E-state index contributed by atoms with van der Waals surface area (Å²) in [7, 11) is 0. The van der Waals surface area contributed by atoms with Gasteiger partial charge < -0.3 is 69.3 Å². The third kappa shape index (κ3) is 22.0. The second-order valence-electron chi connectivity index (χ2n) is 16.3. The summed E-state index contributed by atoms with van der Waals surface area (Å²) >= 11 is 0. The summed E-state index contributed by atoms with van der Waals surface area (Å²) in [6.07, 6.45) is -3.01. The maximum Gasteiger partial charge on any atom is 0.323 e. The molecule has 6 atom stereocenters. The number of anilines is 2. The molecular formula is C44H64N10O13. The Morgan fingerprint density at radius 3 is 1.69 bits per heavy atom. The fraction of sp³-hybridized carbons (Fsp3) is 0.500. The number of carboxylic acids is 2. The lowest BCUT2D eigenvalue weighted by atomic mass is 10.0. The van der Waals surface area contributed by atoms with E-state index in [1.807, 2.05) is 19.1 Å². The third-order valence-electron chi connectivity index (χ3n) is 10.1. The predicted octanol–water partition coefficient (Wildman–Crippen LogP) is 0.476. The van der Waals surface area contributed by atoms with Gasteiger partial charge in [0.05, 0.1) is 12.5 Å². The SMILES string of the molecule is Cc1ccccc1NC(=O)Nc1ccc(CC(=O)N[C@@H](CCCCNC(N)=O)C(=O)N[C@@H](CCCC(=O)O)C(=O)N[C@H](CCC(=O)O)C(=O)N[C@H](CC(C)C)C(=O)N[C@H](C(N)=O)C(C)O)cc1. The van der Waals surface area contributed by atoms with Gasteiger partial charge in [-0.2, -0.15) is 0 Å². The minimum Gasteiger partial charge on any atom is -0.481 e. The van der Waals surface area contributed by atoms with Crippen molar-refractivity contribution in [2.75, 3.05) is 17.2 Å². The molecule has 0 saturated heterocycles. The van der Waals surface area contributed by atoms with E-state index in [-0.39, 0.29) is 51.0 Å². The molecule has 23 nitrogen and oxygen atoms in total. The molecule has 0 aliphatic heterocycles. The standard InChI is InChI=1S/C44H64N10O13/c1-24(2)22-33(42(65)54-37(26(4)55)38(45)61)52-41(64)32(19-20-36(59)60)51-40(63)31(13-9-14-35(57)58)50-39(62)30(12-7-8-21-47-43(46)66)49-34(56)23-27-15-17-28(18-16-27)48-44(67)53-29-11-6-5-10-25(29)3/h5-6,10-11,15-18,24,26,30-33,37,55H,7-9,12-14,19-23H2,1-4H3,(H2,45,61)(H,49,56)(H,50,62)(H,51,63)(H,52,64)(H,54,65)(H,57,58)(H,59,60)(H3,46,47,66)(H2,48,53,67)/t26?,30-,31-,32+,33+,37-/m0/s1. The van der Waals surface area contributed by atoms with Crippen molar-refractivity contribution in [3.05, 3.63) is 59.7 Å². The Bertz CT molecular complexity index is 2050. The Balaban J connectivity index is 2.32. The van der Waals surface area contributed by atoms with Gasteiger partial charge in [-0.3, -0.25) is 38.4 Å².